The zero-order valence-corrected chi connectivity index (χ0v) is 11.0. The molecule has 0 bridgehead atoms. The molecule has 8 nitrogen and oxygen atoms in total. The Kier molecular flexibility index (Phi) is 3.52. The molecule has 2 heterocycles. The monoisotopic (exact) mass is 281 g/mol. The van der Waals surface area contributed by atoms with E-state index >= 15 is 0 Å². The van der Waals surface area contributed by atoms with Gasteiger partial charge in [0.15, 0.2) is 6.23 Å². The minimum Gasteiger partial charge on any atom is -0.394 e. The molecule has 8 heteroatoms. The molecule has 1 aromatic rings. The molecule has 0 aliphatic carbocycles. The first-order valence-electron chi connectivity index (χ1n) is 6.03. The second-order valence-corrected chi connectivity index (χ2v) is 5.03. The van der Waals surface area contributed by atoms with Gasteiger partial charge < -0.3 is 14.9 Å². The Morgan fingerprint density at radius 1 is 1.60 bits per heavy atom. The largest absolute Gasteiger partial charge is 0.394 e. The van der Waals surface area contributed by atoms with Crippen molar-refractivity contribution in [3.05, 3.63) is 32.6 Å². The van der Waals surface area contributed by atoms with Crippen LogP contribution in [0.2, 0.25) is 0 Å². The Labute approximate surface area is 113 Å². The number of hydrogen-bond donors (Lipinski definition) is 3. The highest BCUT2D eigenvalue weighted by Gasteiger charge is 2.54. The third kappa shape index (κ3) is 1.96. The van der Waals surface area contributed by atoms with Crippen LogP contribution in [0.3, 0.4) is 0 Å². The summed E-state index contributed by atoms with van der Waals surface area (Å²) in [6, 6.07) is 1.93. The Morgan fingerprint density at radius 3 is 2.80 bits per heavy atom. The van der Waals surface area contributed by atoms with Gasteiger partial charge in [-0.3, -0.25) is 14.3 Å². The maximum Gasteiger partial charge on any atom is 0.330 e. The second kappa shape index (κ2) is 4.86. The number of rotatable bonds is 2. The van der Waals surface area contributed by atoms with Crippen molar-refractivity contribution in [3.8, 4) is 6.07 Å². The van der Waals surface area contributed by atoms with Crippen molar-refractivity contribution >= 4 is 0 Å². The number of aryl methyl sites for hydroxylation is 1. The molecule has 1 aromatic heterocycles. The highest BCUT2D eigenvalue weighted by Crippen LogP contribution is 2.44. The van der Waals surface area contributed by atoms with E-state index in [1.165, 1.54) is 20.0 Å². The molecule has 0 aromatic carbocycles. The van der Waals surface area contributed by atoms with Crippen LogP contribution < -0.4 is 11.2 Å². The van der Waals surface area contributed by atoms with Gasteiger partial charge in [0.2, 0.25) is 0 Å². The van der Waals surface area contributed by atoms with Crippen molar-refractivity contribution < 1.29 is 14.9 Å². The van der Waals surface area contributed by atoms with E-state index in [0.717, 1.165) is 4.57 Å². The summed E-state index contributed by atoms with van der Waals surface area (Å²) < 4.78 is 6.46. The van der Waals surface area contributed by atoms with Gasteiger partial charge in [0.05, 0.1) is 12.7 Å². The van der Waals surface area contributed by atoms with Gasteiger partial charge in [-0.15, -0.1) is 0 Å². The molecule has 20 heavy (non-hydrogen) atoms. The molecule has 0 spiro atoms. The van der Waals surface area contributed by atoms with E-state index in [1.54, 1.807) is 0 Å². The van der Waals surface area contributed by atoms with E-state index in [4.69, 9.17) is 9.84 Å². The summed E-state index contributed by atoms with van der Waals surface area (Å²) >= 11 is 0. The SMILES string of the molecule is Cc1cn([C@@H]2O[C@H](CO)[C@@H](O)[C@@]2(C)C#N)c(=O)[nH]c1=O. The average Bonchev–Trinajstić information content (AvgIpc) is 2.67. The van der Waals surface area contributed by atoms with Gasteiger partial charge in [-0.1, -0.05) is 0 Å². The number of nitrogens with one attached hydrogen (secondary N) is 1. The third-order valence-electron chi connectivity index (χ3n) is 3.60. The lowest BCUT2D eigenvalue weighted by Crippen LogP contribution is -2.41. The number of H-pyrrole nitrogens is 1. The van der Waals surface area contributed by atoms with Gasteiger partial charge in [-0.05, 0) is 13.8 Å². The number of aromatic nitrogens is 2. The lowest BCUT2D eigenvalue weighted by atomic mass is 9.84. The molecule has 0 radical (unpaired) electrons. The van der Waals surface area contributed by atoms with Crippen LogP contribution in [0.15, 0.2) is 15.8 Å². The number of nitriles is 1. The van der Waals surface area contributed by atoms with Crippen molar-refractivity contribution in [2.75, 3.05) is 6.61 Å². The van der Waals surface area contributed by atoms with E-state index in [1.807, 2.05) is 6.07 Å². The molecule has 4 atom stereocenters. The number of aliphatic hydroxyl groups is 2. The van der Waals surface area contributed by atoms with Crippen LogP contribution in [-0.2, 0) is 4.74 Å². The number of ether oxygens (including phenoxy) is 1. The van der Waals surface area contributed by atoms with Gasteiger partial charge in [-0.25, -0.2) is 4.79 Å². The van der Waals surface area contributed by atoms with Gasteiger partial charge >= 0.3 is 5.69 Å². The second-order valence-electron chi connectivity index (χ2n) is 5.03. The molecular formula is C12H15N3O5. The first-order valence-corrected chi connectivity index (χ1v) is 6.03. The predicted octanol–water partition coefficient (Wildman–Crippen LogP) is -1.37. The van der Waals surface area contributed by atoms with E-state index in [2.05, 4.69) is 4.98 Å². The molecule has 108 valence electrons. The van der Waals surface area contributed by atoms with E-state index < -0.39 is 41.7 Å². The lowest BCUT2D eigenvalue weighted by Gasteiger charge is -2.26. The van der Waals surface area contributed by atoms with Crippen molar-refractivity contribution in [1.29, 1.82) is 5.26 Å². The van der Waals surface area contributed by atoms with Crippen LogP contribution in [0, 0.1) is 23.7 Å². The van der Waals surface area contributed by atoms with Crippen molar-refractivity contribution in [2.45, 2.75) is 32.3 Å². The highest BCUT2D eigenvalue weighted by atomic mass is 16.5. The lowest BCUT2D eigenvalue weighted by molar-refractivity contribution is -0.0504. The number of aliphatic hydroxyl groups excluding tert-OH is 2. The predicted molar refractivity (Wildman–Crippen MR) is 66.8 cm³/mol. The van der Waals surface area contributed by atoms with Crippen LogP contribution >= 0.6 is 0 Å². The molecule has 2 rings (SSSR count). The minimum atomic E-state index is -1.41. The molecular weight excluding hydrogens is 266 g/mol. The fourth-order valence-corrected chi connectivity index (χ4v) is 2.29. The van der Waals surface area contributed by atoms with Crippen LogP contribution in [0.4, 0.5) is 0 Å². The zero-order chi connectivity index (χ0) is 15.1. The average molecular weight is 281 g/mol. The number of aromatic amines is 1. The normalized spacial score (nSPS) is 33.0. The highest BCUT2D eigenvalue weighted by molar-refractivity contribution is 5.12. The summed E-state index contributed by atoms with van der Waals surface area (Å²) in [6.45, 7) is 2.46. The molecule has 3 N–H and O–H groups in total. The zero-order valence-electron chi connectivity index (χ0n) is 11.0. The topological polar surface area (TPSA) is 128 Å². The van der Waals surface area contributed by atoms with Gasteiger partial charge in [-0.2, -0.15) is 5.26 Å². The fraction of sp³-hybridized carbons (Fsp3) is 0.583. The van der Waals surface area contributed by atoms with Crippen molar-refractivity contribution in [1.82, 2.24) is 9.55 Å². The van der Waals surface area contributed by atoms with Crippen LogP contribution in [0.25, 0.3) is 0 Å². The summed E-state index contributed by atoms with van der Waals surface area (Å²) in [5, 5.41) is 28.5. The summed E-state index contributed by atoms with van der Waals surface area (Å²) in [4.78, 5) is 25.3. The Hall–Kier alpha value is -1.95. The Balaban J connectivity index is 2.58. The smallest absolute Gasteiger partial charge is 0.330 e. The first-order chi connectivity index (χ1) is 9.35. The Morgan fingerprint density at radius 2 is 2.25 bits per heavy atom. The Bertz CT molecular complexity index is 673. The van der Waals surface area contributed by atoms with Gasteiger partial charge in [0.1, 0.15) is 17.6 Å². The molecule has 0 saturated carbocycles. The molecule has 0 unspecified atom stereocenters. The molecule has 1 saturated heterocycles. The summed E-state index contributed by atoms with van der Waals surface area (Å²) in [7, 11) is 0. The molecule has 1 aliphatic heterocycles. The molecule has 1 fully saturated rings. The van der Waals surface area contributed by atoms with Crippen LogP contribution in [0.1, 0.15) is 18.7 Å². The van der Waals surface area contributed by atoms with E-state index in [9.17, 15) is 20.0 Å². The third-order valence-corrected chi connectivity index (χ3v) is 3.60. The van der Waals surface area contributed by atoms with Gasteiger partial charge in [0, 0.05) is 11.8 Å². The number of nitrogens with zero attached hydrogens (tertiary/aromatic N) is 2. The fourth-order valence-electron chi connectivity index (χ4n) is 2.29. The maximum absolute atomic E-state index is 11.9. The van der Waals surface area contributed by atoms with Crippen molar-refractivity contribution in [3.63, 3.8) is 0 Å². The number of hydrogen-bond acceptors (Lipinski definition) is 6. The summed E-state index contributed by atoms with van der Waals surface area (Å²) in [6.07, 6.45) is -2.04. The minimum absolute atomic E-state index is 0.274. The summed E-state index contributed by atoms with van der Waals surface area (Å²) in [5.74, 6) is 0. The summed E-state index contributed by atoms with van der Waals surface area (Å²) in [5.41, 5.74) is -2.41. The quantitative estimate of drug-likeness (QED) is 0.613. The van der Waals surface area contributed by atoms with E-state index in [-0.39, 0.29) is 5.56 Å². The van der Waals surface area contributed by atoms with Crippen LogP contribution in [-0.4, -0.2) is 38.6 Å². The molecule has 1 aliphatic rings. The van der Waals surface area contributed by atoms with Crippen LogP contribution in [0.5, 0.6) is 0 Å². The first kappa shape index (κ1) is 14.5. The van der Waals surface area contributed by atoms with E-state index in [0.29, 0.717) is 0 Å². The van der Waals surface area contributed by atoms with Gasteiger partial charge in [0.25, 0.3) is 5.56 Å². The van der Waals surface area contributed by atoms with Crippen molar-refractivity contribution in [2.24, 2.45) is 5.41 Å². The standard InChI is InChI=1S/C12H15N3O5/c1-6-3-15(11(19)14-9(6)18)10-12(2,5-13)8(17)7(4-16)20-10/h3,7-8,10,16-17H,4H2,1-2H3,(H,14,18,19)/t7-,8-,10-,12-/m1/s1. The molecule has 0 amide bonds. The maximum atomic E-state index is 11.9.